The first kappa shape index (κ1) is 27.0. The Morgan fingerprint density at radius 3 is 2.61 bits per heavy atom. The number of hydrogen-bond donors (Lipinski definition) is 3. The van der Waals surface area contributed by atoms with Crippen molar-refractivity contribution in [3.8, 4) is 0 Å². The lowest BCUT2D eigenvalue weighted by Gasteiger charge is -2.23. The number of carbonyl (C=O) groups is 3. The molecule has 2 heterocycles. The molecule has 0 saturated carbocycles. The molecule has 3 N–H and O–H groups in total. The molecule has 0 spiro atoms. The van der Waals surface area contributed by atoms with Gasteiger partial charge in [-0.1, -0.05) is 39.5 Å². The summed E-state index contributed by atoms with van der Waals surface area (Å²) >= 11 is 1.53. The van der Waals surface area contributed by atoms with Crippen molar-refractivity contribution in [2.75, 3.05) is 6.54 Å². The predicted molar refractivity (Wildman–Crippen MR) is 143 cm³/mol. The topological polar surface area (TPSA) is 113 Å². The van der Waals surface area contributed by atoms with Gasteiger partial charge < -0.3 is 16.0 Å². The third-order valence-electron chi connectivity index (χ3n) is 5.73. The van der Waals surface area contributed by atoms with Crippen LogP contribution in [0.4, 0.5) is 0 Å². The fourth-order valence-corrected chi connectivity index (χ4v) is 4.75. The molecule has 3 amide bonds. The third kappa shape index (κ3) is 7.71. The molecule has 2 aromatic heterocycles. The van der Waals surface area contributed by atoms with Gasteiger partial charge in [-0.2, -0.15) is 0 Å². The zero-order chi connectivity index (χ0) is 26.1. The number of rotatable bonds is 12. The van der Waals surface area contributed by atoms with Crippen LogP contribution < -0.4 is 16.0 Å². The van der Waals surface area contributed by atoms with Crippen LogP contribution in [0.2, 0.25) is 0 Å². The van der Waals surface area contributed by atoms with E-state index in [9.17, 15) is 14.4 Å². The Hall–Kier alpha value is -3.59. The van der Waals surface area contributed by atoms with Crippen molar-refractivity contribution in [3.05, 3.63) is 71.5 Å². The molecule has 0 aliphatic rings. The SMILES string of the molecule is C=CC(=O)NC[C@H](Cc1cccnc1)NC(=O)[C@H](Cc1nc2ccc(C(C)C)cc2s1)NC(=O)CC. The molecule has 0 unspecified atom stereocenters. The molecule has 1 aromatic carbocycles. The molecule has 0 saturated heterocycles. The molecule has 0 bridgehead atoms. The monoisotopic (exact) mass is 507 g/mol. The molecular formula is C27H33N5O3S. The molecule has 8 nitrogen and oxygen atoms in total. The maximum Gasteiger partial charge on any atom is 0.243 e. The van der Waals surface area contributed by atoms with E-state index in [0.717, 1.165) is 20.8 Å². The summed E-state index contributed by atoms with van der Waals surface area (Å²) in [7, 11) is 0. The van der Waals surface area contributed by atoms with E-state index in [2.05, 4.69) is 53.5 Å². The Balaban J connectivity index is 1.79. The van der Waals surface area contributed by atoms with Crippen LogP contribution in [0.25, 0.3) is 10.2 Å². The van der Waals surface area contributed by atoms with E-state index in [-0.39, 0.29) is 37.1 Å². The number of hydrogen-bond acceptors (Lipinski definition) is 6. The predicted octanol–water partition coefficient (Wildman–Crippen LogP) is 3.28. The minimum atomic E-state index is -0.797. The van der Waals surface area contributed by atoms with Crippen LogP contribution in [0, 0.1) is 0 Å². The molecule has 9 heteroatoms. The molecule has 3 aromatic rings. The standard InChI is InChI=1S/C27H33N5O3S/c1-5-24(33)29-16-20(12-18-8-7-11-28-15-18)30-27(35)22(31-25(34)6-2)14-26-32-21-10-9-19(17(3)4)13-23(21)36-26/h5,7-11,13,15,17,20,22H,1,6,12,14,16H2,2-4H3,(H,29,33)(H,30,35)(H,31,34)/t20-,22-/m0/s1. The van der Waals surface area contributed by atoms with Gasteiger partial charge in [-0.05, 0) is 47.7 Å². The van der Waals surface area contributed by atoms with E-state index in [1.807, 2.05) is 18.2 Å². The van der Waals surface area contributed by atoms with Crippen LogP contribution >= 0.6 is 11.3 Å². The van der Waals surface area contributed by atoms with Crippen LogP contribution in [0.5, 0.6) is 0 Å². The van der Waals surface area contributed by atoms with Crippen molar-refractivity contribution < 1.29 is 14.4 Å². The molecular weight excluding hydrogens is 474 g/mol. The largest absolute Gasteiger partial charge is 0.350 e. The van der Waals surface area contributed by atoms with Gasteiger partial charge in [0.05, 0.1) is 21.3 Å². The highest BCUT2D eigenvalue weighted by Gasteiger charge is 2.25. The lowest BCUT2D eigenvalue weighted by molar-refractivity contribution is -0.129. The highest BCUT2D eigenvalue weighted by Crippen LogP contribution is 2.27. The molecule has 3 rings (SSSR count). The second-order valence-electron chi connectivity index (χ2n) is 8.89. The fraction of sp³-hybridized carbons (Fsp3) is 0.370. The van der Waals surface area contributed by atoms with Crippen molar-refractivity contribution in [1.82, 2.24) is 25.9 Å². The normalized spacial score (nSPS) is 12.7. The number of aromatic nitrogens is 2. The number of benzene rings is 1. The van der Waals surface area contributed by atoms with Gasteiger partial charge in [0.2, 0.25) is 17.7 Å². The van der Waals surface area contributed by atoms with Crippen molar-refractivity contribution in [3.63, 3.8) is 0 Å². The maximum absolute atomic E-state index is 13.4. The molecule has 36 heavy (non-hydrogen) atoms. The number of thiazole rings is 1. The van der Waals surface area contributed by atoms with Crippen LogP contribution in [0.3, 0.4) is 0 Å². The van der Waals surface area contributed by atoms with E-state index >= 15 is 0 Å². The Morgan fingerprint density at radius 2 is 1.94 bits per heavy atom. The average molecular weight is 508 g/mol. The van der Waals surface area contributed by atoms with E-state index in [4.69, 9.17) is 4.98 Å². The zero-order valence-electron chi connectivity index (χ0n) is 20.9. The molecule has 2 atom stereocenters. The summed E-state index contributed by atoms with van der Waals surface area (Å²) in [5, 5.41) is 9.34. The zero-order valence-corrected chi connectivity index (χ0v) is 21.7. The van der Waals surface area contributed by atoms with E-state index in [1.54, 1.807) is 19.3 Å². The van der Waals surface area contributed by atoms with Crippen molar-refractivity contribution in [2.24, 2.45) is 0 Å². The van der Waals surface area contributed by atoms with Crippen LogP contribution in [-0.4, -0.2) is 46.3 Å². The summed E-state index contributed by atoms with van der Waals surface area (Å²) in [5.41, 5.74) is 3.02. The highest BCUT2D eigenvalue weighted by atomic mass is 32.1. The number of pyridine rings is 1. The van der Waals surface area contributed by atoms with Gasteiger partial charge in [-0.25, -0.2) is 4.98 Å². The van der Waals surface area contributed by atoms with Crippen molar-refractivity contribution in [2.45, 2.75) is 58.0 Å². The Bertz CT molecular complexity index is 1210. The summed E-state index contributed by atoms with van der Waals surface area (Å²) in [5.74, 6) is -0.477. The number of amides is 3. The molecule has 0 aliphatic heterocycles. The van der Waals surface area contributed by atoms with Gasteiger partial charge in [-0.15, -0.1) is 11.3 Å². The highest BCUT2D eigenvalue weighted by molar-refractivity contribution is 7.18. The first-order valence-corrected chi connectivity index (χ1v) is 12.9. The molecule has 0 radical (unpaired) electrons. The summed E-state index contributed by atoms with van der Waals surface area (Å²) in [6, 6.07) is 8.72. The lowest BCUT2D eigenvalue weighted by atomic mass is 10.0. The van der Waals surface area contributed by atoms with Crippen LogP contribution in [0.1, 0.15) is 49.2 Å². The number of fused-ring (bicyclic) bond motifs is 1. The van der Waals surface area contributed by atoms with Crippen molar-refractivity contribution >= 4 is 39.3 Å². The van der Waals surface area contributed by atoms with Gasteiger partial charge in [0.25, 0.3) is 0 Å². The first-order valence-electron chi connectivity index (χ1n) is 12.1. The summed E-state index contributed by atoms with van der Waals surface area (Å²) in [4.78, 5) is 46.2. The lowest BCUT2D eigenvalue weighted by Crippen LogP contribution is -2.53. The average Bonchev–Trinajstić information content (AvgIpc) is 3.28. The molecule has 190 valence electrons. The Morgan fingerprint density at radius 1 is 1.14 bits per heavy atom. The maximum atomic E-state index is 13.4. The first-order chi connectivity index (χ1) is 17.3. The van der Waals surface area contributed by atoms with E-state index < -0.39 is 12.1 Å². The Kier molecular flexibility index (Phi) is 9.69. The smallest absolute Gasteiger partial charge is 0.243 e. The van der Waals surface area contributed by atoms with Gasteiger partial charge >= 0.3 is 0 Å². The summed E-state index contributed by atoms with van der Waals surface area (Å²) in [6.45, 7) is 9.70. The quantitative estimate of drug-likeness (QED) is 0.326. The third-order valence-corrected chi connectivity index (χ3v) is 6.77. The number of nitrogens with zero attached hydrogens (tertiary/aromatic N) is 2. The minimum Gasteiger partial charge on any atom is -0.350 e. The van der Waals surface area contributed by atoms with Gasteiger partial charge in [0, 0.05) is 31.8 Å². The van der Waals surface area contributed by atoms with Gasteiger partial charge in [0.1, 0.15) is 6.04 Å². The van der Waals surface area contributed by atoms with Gasteiger partial charge in [-0.3, -0.25) is 19.4 Å². The second-order valence-corrected chi connectivity index (χ2v) is 10.0. The van der Waals surface area contributed by atoms with Crippen LogP contribution in [0.15, 0.2) is 55.4 Å². The fourth-order valence-electron chi connectivity index (χ4n) is 3.69. The number of carbonyl (C=O) groups excluding carboxylic acids is 3. The minimum absolute atomic E-state index is 0.207. The van der Waals surface area contributed by atoms with Gasteiger partial charge in [0.15, 0.2) is 0 Å². The number of nitrogens with one attached hydrogen (secondary N) is 3. The summed E-state index contributed by atoms with van der Waals surface area (Å²) < 4.78 is 1.05. The summed E-state index contributed by atoms with van der Waals surface area (Å²) in [6.07, 6.45) is 5.57. The van der Waals surface area contributed by atoms with E-state index in [0.29, 0.717) is 12.3 Å². The second kappa shape index (κ2) is 12.9. The van der Waals surface area contributed by atoms with Crippen LogP contribution in [-0.2, 0) is 27.2 Å². The molecule has 0 fully saturated rings. The Labute approximate surface area is 215 Å². The van der Waals surface area contributed by atoms with E-state index in [1.165, 1.54) is 23.0 Å². The van der Waals surface area contributed by atoms with Crippen molar-refractivity contribution in [1.29, 1.82) is 0 Å². The molecule has 0 aliphatic carbocycles.